The van der Waals surface area contributed by atoms with Crippen LogP contribution in [0.3, 0.4) is 0 Å². The van der Waals surface area contributed by atoms with Gasteiger partial charge in [0.1, 0.15) is 10.6 Å². The molecule has 1 saturated carbocycles. The second-order valence-corrected chi connectivity index (χ2v) is 9.62. The lowest BCUT2D eigenvalue weighted by atomic mass is 9.90. The molecule has 1 atom stereocenters. The van der Waals surface area contributed by atoms with Crippen LogP contribution in [0.1, 0.15) is 32.6 Å². The third-order valence-corrected chi connectivity index (χ3v) is 7.12. The first-order valence-electron chi connectivity index (χ1n) is 8.47. The first-order valence-corrected chi connectivity index (χ1v) is 10.3. The number of rotatable bonds is 7. The van der Waals surface area contributed by atoms with Crippen LogP contribution in [-0.4, -0.2) is 39.0 Å². The monoisotopic (exact) mass is 408 g/mol. The van der Waals surface area contributed by atoms with Gasteiger partial charge in [-0.3, -0.25) is 0 Å². The van der Waals surface area contributed by atoms with Crippen LogP contribution in [0.25, 0.3) is 0 Å². The molecule has 142 valence electrons. The van der Waals surface area contributed by atoms with Crippen molar-refractivity contribution in [3.8, 4) is 5.75 Å². The molecule has 1 aliphatic carbocycles. The quantitative estimate of drug-likeness (QED) is 0.750. The number of hydrogen-bond donors (Lipinski definition) is 1. The van der Waals surface area contributed by atoms with E-state index in [2.05, 4.69) is 0 Å². The minimum Gasteiger partial charge on any atom is -0.492 e. The van der Waals surface area contributed by atoms with Crippen molar-refractivity contribution in [2.24, 2.45) is 17.1 Å². The normalized spacial score (nSPS) is 24.1. The Morgan fingerprint density at radius 1 is 1.40 bits per heavy atom. The van der Waals surface area contributed by atoms with Crippen LogP contribution in [-0.2, 0) is 10.0 Å². The van der Waals surface area contributed by atoms with E-state index >= 15 is 0 Å². The van der Waals surface area contributed by atoms with E-state index in [4.69, 9.17) is 22.1 Å². The standard InChI is InChI=1S/C17H25ClN2O3S.ClH/c1-17(11-19)7-8-20(12-17)24(21,22)16-10-14(18)4-5-15(16)23-9-6-13-2-3-13;/h4-5,10,13H,2-3,6-9,11-12,19H2,1H3;1H. The van der Waals surface area contributed by atoms with Crippen LogP contribution < -0.4 is 10.5 Å². The Hall–Kier alpha value is -0.530. The minimum atomic E-state index is -3.64. The highest BCUT2D eigenvalue weighted by Crippen LogP contribution is 2.37. The molecule has 2 aliphatic rings. The highest BCUT2D eigenvalue weighted by atomic mass is 35.5. The lowest BCUT2D eigenvalue weighted by molar-refractivity contribution is 0.293. The number of sulfonamides is 1. The van der Waals surface area contributed by atoms with Gasteiger partial charge in [0.25, 0.3) is 0 Å². The molecule has 1 saturated heterocycles. The second kappa shape index (κ2) is 8.01. The number of ether oxygens (including phenoxy) is 1. The van der Waals surface area contributed by atoms with E-state index in [-0.39, 0.29) is 22.7 Å². The Bertz CT molecular complexity index is 710. The zero-order valence-electron chi connectivity index (χ0n) is 14.4. The van der Waals surface area contributed by atoms with Gasteiger partial charge in [-0.2, -0.15) is 4.31 Å². The number of halogens is 2. The zero-order valence-corrected chi connectivity index (χ0v) is 16.8. The van der Waals surface area contributed by atoms with E-state index in [1.54, 1.807) is 12.1 Å². The SMILES string of the molecule is CC1(CN)CCN(S(=O)(=O)c2cc(Cl)ccc2OCCC2CC2)C1.Cl. The lowest BCUT2D eigenvalue weighted by Crippen LogP contribution is -2.34. The summed E-state index contributed by atoms with van der Waals surface area (Å²) in [6.07, 6.45) is 4.24. The van der Waals surface area contributed by atoms with Crippen LogP contribution in [0.2, 0.25) is 5.02 Å². The van der Waals surface area contributed by atoms with Crippen molar-refractivity contribution in [1.82, 2.24) is 4.31 Å². The van der Waals surface area contributed by atoms with Crippen LogP contribution in [0.4, 0.5) is 0 Å². The maximum absolute atomic E-state index is 13.1. The van der Waals surface area contributed by atoms with Gasteiger partial charge in [0.2, 0.25) is 10.0 Å². The summed E-state index contributed by atoms with van der Waals surface area (Å²) in [4.78, 5) is 0.159. The summed E-state index contributed by atoms with van der Waals surface area (Å²) in [5, 5.41) is 0.393. The van der Waals surface area contributed by atoms with Crippen LogP contribution in [0.5, 0.6) is 5.75 Å². The predicted octanol–water partition coefficient (Wildman–Crippen LogP) is 3.30. The smallest absolute Gasteiger partial charge is 0.246 e. The van der Waals surface area contributed by atoms with Crippen molar-refractivity contribution in [1.29, 1.82) is 0 Å². The molecular weight excluding hydrogens is 383 g/mol. The van der Waals surface area contributed by atoms with Crippen molar-refractivity contribution in [3.63, 3.8) is 0 Å². The summed E-state index contributed by atoms with van der Waals surface area (Å²) in [5.41, 5.74) is 5.63. The number of nitrogens with two attached hydrogens (primary N) is 1. The van der Waals surface area contributed by atoms with E-state index in [1.165, 1.54) is 23.2 Å². The fraction of sp³-hybridized carbons (Fsp3) is 0.647. The number of benzene rings is 1. The van der Waals surface area contributed by atoms with Gasteiger partial charge in [-0.1, -0.05) is 31.4 Å². The summed E-state index contributed by atoms with van der Waals surface area (Å²) >= 11 is 6.05. The lowest BCUT2D eigenvalue weighted by Gasteiger charge is -2.23. The molecule has 0 amide bonds. The Morgan fingerprint density at radius 2 is 2.12 bits per heavy atom. The molecule has 8 heteroatoms. The molecule has 5 nitrogen and oxygen atoms in total. The van der Waals surface area contributed by atoms with E-state index < -0.39 is 10.0 Å². The average molecular weight is 409 g/mol. The maximum Gasteiger partial charge on any atom is 0.246 e. The van der Waals surface area contributed by atoms with E-state index in [0.717, 1.165) is 18.8 Å². The van der Waals surface area contributed by atoms with Gasteiger partial charge in [0.15, 0.2) is 0 Å². The predicted molar refractivity (Wildman–Crippen MR) is 102 cm³/mol. The van der Waals surface area contributed by atoms with Crippen LogP contribution in [0, 0.1) is 11.3 Å². The number of hydrogen-bond acceptors (Lipinski definition) is 4. The minimum absolute atomic E-state index is 0. The maximum atomic E-state index is 13.1. The molecular formula is C17H26Cl2N2O3S. The molecule has 1 aromatic rings. The van der Waals surface area contributed by atoms with Crippen molar-refractivity contribution in [2.45, 2.75) is 37.5 Å². The Kier molecular flexibility index (Phi) is 6.65. The van der Waals surface area contributed by atoms with Gasteiger partial charge in [-0.15, -0.1) is 12.4 Å². The highest BCUT2D eigenvalue weighted by molar-refractivity contribution is 7.89. The molecule has 0 aromatic heterocycles. The molecule has 0 radical (unpaired) electrons. The van der Waals surface area contributed by atoms with Crippen LogP contribution in [0.15, 0.2) is 23.1 Å². The molecule has 0 bridgehead atoms. The van der Waals surface area contributed by atoms with Gasteiger partial charge < -0.3 is 10.5 Å². The van der Waals surface area contributed by atoms with Gasteiger partial charge in [0.05, 0.1) is 6.61 Å². The van der Waals surface area contributed by atoms with E-state index in [1.807, 2.05) is 6.92 Å². The van der Waals surface area contributed by atoms with Crippen molar-refractivity contribution < 1.29 is 13.2 Å². The highest BCUT2D eigenvalue weighted by Gasteiger charge is 2.40. The Morgan fingerprint density at radius 3 is 2.72 bits per heavy atom. The average Bonchev–Trinajstić information content (AvgIpc) is 3.28. The first-order chi connectivity index (χ1) is 11.3. The summed E-state index contributed by atoms with van der Waals surface area (Å²) in [5.74, 6) is 1.13. The zero-order chi connectivity index (χ0) is 17.4. The van der Waals surface area contributed by atoms with E-state index in [9.17, 15) is 8.42 Å². The topological polar surface area (TPSA) is 72.6 Å². The molecule has 0 spiro atoms. The molecule has 1 aliphatic heterocycles. The summed E-state index contributed by atoms with van der Waals surface area (Å²) < 4.78 is 33.4. The summed E-state index contributed by atoms with van der Waals surface area (Å²) in [6.45, 7) is 3.94. The van der Waals surface area contributed by atoms with Crippen LogP contribution >= 0.6 is 24.0 Å². The largest absolute Gasteiger partial charge is 0.492 e. The molecule has 2 N–H and O–H groups in total. The first kappa shape index (κ1) is 20.8. The molecule has 25 heavy (non-hydrogen) atoms. The Balaban J connectivity index is 0.00000225. The van der Waals surface area contributed by atoms with Gasteiger partial charge in [-0.05, 0) is 48.9 Å². The molecule has 2 fully saturated rings. The molecule has 1 aromatic carbocycles. The van der Waals surface area contributed by atoms with E-state index in [0.29, 0.717) is 37.0 Å². The number of nitrogens with zero attached hydrogens (tertiary/aromatic N) is 1. The molecule has 1 unspecified atom stereocenters. The van der Waals surface area contributed by atoms with Gasteiger partial charge in [-0.25, -0.2) is 8.42 Å². The third-order valence-electron chi connectivity index (χ3n) is 5.02. The summed E-state index contributed by atoms with van der Waals surface area (Å²) in [7, 11) is -3.64. The molecule has 3 rings (SSSR count). The summed E-state index contributed by atoms with van der Waals surface area (Å²) in [6, 6.07) is 4.81. The third kappa shape index (κ3) is 4.80. The van der Waals surface area contributed by atoms with Gasteiger partial charge in [0, 0.05) is 18.1 Å². The fourth-order valence-electron chi connectivity index (χ4n) is 3.03. The Labute approximate surface area is 161 Å². The molecule has 1 heterocycles. The van der Waals surface area contributed by atoms with Crippen molar-refractivity contribution in [3.05, 3.63) is 23.2 Å². The second-order valence-electron chi connectivity index (χ2n) is 7.27. The van der Waals surface area contributed by atoms with Crippen molar-refractivity contribution >= 4 is 34.0 Å². The van der Waals surface area contributed by atoms with Gasteiger partial charge >= 0.3 is 0 Å². The van der Waals surface area contributed by atoms with Crippen molar-refractivity contribution in [2.75, 3.05) is 26.2 Å². The fourth-order valence-corrected chi connectivity index (χ4v) is 5.02.